The number of alkyl halides is 3. The molecule has 2 atom stereocenters. The van der Waals surface area contributed by atoms with E-state index < -0.39 is 17.3 Å². The van der Waals surface area contributed by atoms with E-state index in [1.165, 1.54) is 6.07 Å². The Kier molecular flexibility index (Phi) is 5.67. The summed E-state index contributed by atoms with van der Waals surface area (Å²) in [4.78, 5) is 0. The Morgan fingerprint density at radius 2 is 1.96 bits per heavy atom. The highest BCUT2D eigenvalue weighted by Crippen LogP contribution is 2.35. The minimum absolute atomic E-state index is 0.107. The summed E-state index contributed by atoms with van der Waals surface area (Å²) >= 11 is 0. The Bertz CT molecular complexity index is 592. The molecule has 0 amide bonds. The second-order valence-corrected chi connectivity index (χ2v) is 5.42. The average Bonchev–Trinajstić information content (AvgIpc) is 2.53. The standard InChI is InChI=1S/C17H18F3NO2/c1-2-9-22-15-5-3-4-6-16(15)23-13-8-7-12(11-21)14(10-13)17(18,19)20/h2,7-8,10,15-16H,1,3-6,9H2/t15?,16-/m0/s1. The second kappa shape index (κ2) is 7.51. The quantitative estimate of drug-likeness (QED) is 0.750. The van der Waals surface area contributed by atoms with Gasteiger partial charge in [0.15, 0.2) is 0 Å². The third-order valence-corrected chi connectivity index (χ3v) is 3.77. The maximum atomic E-state index is 13.0. The largest absolute Gasteiger partial charge is 0.488 e. The summed E-state index contributed by atoms with van der Waals surface area (Å²) in [5.74, 6) is 0.107. The molecule has 124 valence electrons. The lowest BCUT2D eigenvalue weighted by atomic mass is 9.94. The van der Waals surface area contributed by atoms with E-state index in [0.717, 1.165) is 37.8 Å². The zero-order chi connectivity index (χ0) is 16.9. The summed E-state index contributed by atoms with van der Waals surface area (Å²) in [5, 5.41) is 8.81. The molecule has 1 saturated carbocycles. The summed E-state index contributed by atoms with van der Waals surface area (Å²) in [7, 11) is 0. The average molecular weight is 325 g/mol. The van der Waals surface area contributed by atoms with E-state index in [0.29, 0.717) is 6.61 Å². The Labute approximate surface area is 133 Å². The molecule has 0 aliphatic heterocycles. The Morgan fingerprint density at radius 1 is 1.26 bits per heavy atom. The van der Waals surface area contributed by atoms with E-state index in [-0.39, 0.29) is 18.0 Å². The van der Waals surface area contributed by atoms with E-state index in [4.69, 9.17) is 14.7 Å². The van der Waals surface area contributed by atoms with Crippen LogP contribution in [0.4, 0.5) is 13.2 Å². The van der Waals surface area contributed by atoms with Gasteiger partial charge in [-0.3, -0.25) is 0 Å². The van der Waals surface area contributed by atoms with Gasteiger partial charge in [-0.1, -0.05) is 12.5 Å². The first-order chi connectivity index (χ1) is 11.0. The van der Waals surface area contributed by atoms with Gasteiger partial charge in [-0.05, 0) is 37.5 Å². The second-order valence-electron chi connectivity index (χ2n) is 5.42. The summed E-state index contributed by atoms with van der Waals surface area (Å²) in [6.07, 6.45) is 0.0724. The van der Waals surface area contributed by atoms with Crippen LogP contribution in [0, 0.1) is 11.3 Å². The lowest BCUT2D eigenvalue weighted by molar-refractivity contribution is -0.138. The Morgan fingerprint density at radius 3 is 2.57 bits per heavy atom. The van der Waals surface area contributed by atoms with Gasteiger partial charge in [-0.15, -0.1) is 6.58 Å². The van der Waals surface area contributed by atoms with Crippen molar-refractivity contribution in [2.24, 2.45) is 0 Å². The molecule has 1 fully saturated rings. The molecule has 3 nitrogen and oxygen atoms in total. The topological polar surface area (TPSA) is 42.2 Å². The van der Waals surface area contributed by atoms with E-state index in [9.17, 15) is 13.2 Å². The lowest BCUT2D eigenvalue weighted by Gasteiger charge is -2.31. The molecule has 6 heteroatoms. The predicted molar refractivity (Wildman–Crippen MR) is 79.0 cm³/mol. The maximum absolute atomic E-state index is 13.0. The minimum Gasteiger partial charge on any atom is -0.488 e. The van der Waals surface area contributed by atoms with Crippen LogP contribution in [-0.4, -0.2) is 18.8 Å². The van der Waals surface area contributed by atoms with Crippen molar-refractivity contribution >= 4 is 0 Å². The minimum atomic E-state index is -4.59. The first-order valence-corrected chi connectivity index (χ1v) is 7.46. The van der Waals surface area contributed by atoms with Gasteiger partial charge < -0.3 is 9.47 Å². The Balaban J connectivity index is 2.18. The van der Waals surface area contributed by atoms with E-state index in [2.05, 4.69) is 6.58 Å². The van der Waals surface area contributed by atoms with Gasteiger partial charge in [-0.25, -0.2) is 0 Å². The fraction of sp³-hybridized carbons (Fsp3) is 0.471. The first-order valence-electron chi connectivity index (χ1n) is 7.46. The van der Waals surface area contributed by atoms with Gasteiger partial charge in [0.25, 0.3) is 0 Å². The highest BCUT2D eigenvalue weighted by atomic mass is 19.4. The molecule has 2 rings (SSSR count). The normalized spacial score (nSPS) is 21.5. The maximum Gasteiger partial charge on any atom is 0.417 e. The predicted octanol–water partition coefficient (Wildman–Crippen LogP) is 4.47. The van der Waals surface area contributed by atoms with Crippen LogP contribution in [0.5, 0.6) is 5.75 Å². The fourth-order valence-electron chi connectivity index (χ4n) is 2.68. The summed E-state index contributed by atoms with van der Waals surface area (Å²) in [6, 6.07) is 4.98. The summed E-state index contributed by atoms with van der Waals surface area (Å²) in [6.45, 7) is 3.97. The molecule has 1 aromatic carbocycles. The highest BCUT2D eigenvalue weighted by molar-refractivity contribution is 5.44. The molecule has 1 aliphatic rings. The highest BCUT2D eigenvalue weighted by Gasteiger charge is 2.35. The van der Waals surface area contributed by atoms with Gasteiger partial charge in [0, 0.05) is 0 Å². The Hall–Kier alpha value is -2.00. The van der Waals surface area contributed by atoms with Gasteiger partial charge in [0.1, 0.15) is 11.9 Å². The summed E-state index contributed by atoms with van der Waals surface area (Å²) in [5.41, 5.74) is -1.38. The number of hydrogen-bond donors (Lipinski definition) is 0. The van der Waals surface area contributed by atoms with Crippen LogP contribution >= 0.6 is 0 Å². The number of halogens is 3. The van der Waals surface area contributed by atoms with Gasteiger partial charge in [0.2, 0.25) is 0 Å². The molecule has 0 radical (unpaired) electrons. The van der Waals surface area contributed by atoms with Crippen LogP contribution < -0.4 is 4.74 Å². The molecule has 0 N–H and O–H groups in total. The van der Waals surface area contributed by atoms with Crippen LogP contribution in [0.2, 0.25) is 0 Å². The molecule has 0 bridgehead atoms. The van der Waals surface area contributed by atoms with E-state index >= 15 is 0 Å². The van der Waals surface area contributed by atoms with Crippen LogP contribution in [0.1, 0.15) is 36.8 Å². The zero-order valence-electron chi connectivity index (χ0n) is 12.6. The molecule has 0 heterocycles. The molecule has 0 spiro atoms. The van der Waals surface area contributed by atoms with Gasteiger partial charge in [0.05, 0.1) is 29.9 Å². The van der Waals surface area contributed by atoms with E-state index in [1.807, 2.05) is 0 Å². The smallest absolute Gasteiger partial charge is 0.417 e. The van der Waals surface area contributed by atoms with E-state index in [1.54, 1.807) is 12.1 Å². The number of hydrogen-bond acceptors (Lipinski definition) is 3. The molecule has 1 aromatic rings. The number of nitrogens with zero attached hydrogens (tertiary/aromatic N) is 1. The van der Waals surface area contributed by atoms with Gasteiger partial charge in [-0.2, -0.15) is 18.4 Å². The number of rotatable bonds is 5. The summed E-state index contributed by atoms with van der Waals surface area (Å²) < 4.78 is 50.4. The molecule has 0 aromatic heterocycles. The van der Waals surface area contributed by atoms with Crippen molar-refractivity contribution in [3.05, 3.63) is 42.0 Å². The van der Waals surface area contributed by atoms with Crippen molar-refractivity contribution in [2.75, 3.05) is 6.61 Å². The molecule has 1 aliphatic carbocycles. The molecular weight excluding hydrogens is 307 g/mol. The SMILES string of the molecule is C=CCOC1CCCC[C@@H]1Oc1ccc(C#N)c(C(F)(F)F)c1. The van der Waals surface area contributed by atoms with Crippen LogP contribution in [0.15, 0.2) is 30.9 Å². The third kappa shape index (κ3) is 4.49. The molecule has 23 heavy (non-hydrogen) atoms. The van der Waals surface area contributed by atoms with Crippen molar-refractivity contribution in [3.63, 3.8) is 0 Å². The van der Waals surface area contributed by atoms with Crippen LogP contribution in [-0.2, 0) is 10.9 Å². The molecule has 1 unspecified atom stereocenters. The van der Waals surface area contributed by atoms with Crippen LogP contribution in [0.25, 0.3) is 0 Å². The molecular formula is C17H18F3NO2. The van der Waals surface area contributed by atoms with Crippen LogP contribution in [0.3, 0.4) is 0 Å². The third-order valence-electron chi connectivity index (χ3n) is 3.77. The fourth-order valence-corrected chi connectivity index (χ4v) is 2.68. The lowest BCUT2D eigenvalue weighted by Crippen LogP contribution is -2.37. The monoisotopic (exact) mass is 325 g/mol. The number of nitriles is 1. The van der Waals surface area contributed by atoms with Crippen molar-refractivity contribution in [2.45, 2.75) is 44.1 Å². The van der Waals surface area contributed by atoms with Gasteiger partial charge >= 0.3 is 6.18 Å². The number of ether oxygens (including phenoxy) is 2. The zero-order valence-corrected chi connectivity index (χ0v) is 12.6. The van der Waals surface area contributed by atoms with Crippen molar-refractivity contribution in [1.82, 2.24) is 0 Å². The van der Waals surface area contributed by atoms with Crippen molar-refractivity contribution in [3.8, 4) is 11.8 Å². The van der Waals surface area contributed by atoms with Crippen molar-refractivity contribution < 1.29 is 22.6 Å². The molecule has 0 saturated heterocycles. The first kappa shape index (κ1) is 17.4. The van der Waals surface area contributed by atoms with Crippen molar-refractivity contribution in [1.29, 1.82) is 5.26 Å². The number of benzene rings is 1.